The van der Waals surface area contributed by atoms with E-state index in [2.05, 4.69) is 5.10 Å². The first-order valence-electron chi connectivity index (χ1n) is 9.56. The number of thiophene rings is 1. The van der Waals surface area contributed by atoms with Gasteiger partial charge in [-0.2, -0.15) is 15.6 Å². The van der Waals surface area contributed by atoms with Gasteiger partial charge in [0.25, 0.3) is 5.91 Å². The largest absolute Gasteiger partial charge is 0.497 e. The Kier molecular flexibility index (Phi) is 5.28. The molecule has 2 aromatic heterocycles. The number of benzene rings is 1. The molecular weight excluding hydrogens is 414 g/mol. The SMILES string of the molecule is COc1ccc(-c2c(C#N)c(=O)c(C#N)nn2-c2sc3c(c2C(N)=O)CCCC3)cc1. The molecule has 1 aliphatic rings. The van der Waals surface area contributed by atoms with Crippen molar-refractivity contribution in [3.8, 4) is 34.1 Å². The van der Waals surface area contributed by atoms with E-state index in [1.54, 1.807) is 30.3 Å². The molecule has 0 aliphatic heterocycles. The number of fused-ring (bicyclic) bond motifs is 1. The zero-order chi connectivity index (χ0) is 22.1. The second-order valence-corrected chi connectivity index (χ2v) is 8.10. The van der Waals surface area contributed by atoms with Crippen molar-refractivity contribution >= 4 is 17.2 Å². The summed E-state index contributed by atoms with van der Waals surface area (Å²) in [6, 6.07) is 10.4. The average molecular weight is 431 g/mol. The van der Waals surface area contributed by atoms with Crippen LogP contribution in [0.2, 0.25) is 0 Å². The number of nitriles is 2. The van der Waals surface area contributed by atoms with Crippen LogP contribution in [0, 0.1) is 22.7 Å². The van der Waals surface area contributed by atoms with Gasteiger partial charge in [0.05, 0.1) is 18.4 Å². The van der Waals surface area contributed by atoms with E-state index < -0.39 is 17.0 Å². The van der Waals surface area contributed by atoms with E-state index in [9.17, 15) is 20.1 Å². The fourth-order valence-corrected chi connectivity index (χ4v) is 5.17. The van der Waals surface area contributed by atoms with Crippen molar-refractivity contribution in [1.29, 1.82) is 10.5 Å². The highest BCUT2D eigenvalue weighted by atomic mass is 32.1. The molecule has 0 radical (unpaired) electrons. The lowest BCUT2D eigenvalue weighted by Crippen LogP contribution is -2.23. The Bertz CT molecular complexity index is 1340. The lowest BCUT2D eigenvalue weighted by atomic mass is 9.95. The maximum atomic E-state index is 12.7. The number of hydrogen-bond donors (Lipinski definition) is 1. The van der Waals surface area contributed by atoms with Gasteiger partial charge in [0.2, 0.25) is 11.1 Å². The first-order chi connectivity index (χ1) is 15.0. The number of rotatable bonds is 4. The van der Waals surface area contributed by atoms with Crippen molar-refractivity contribution in [2.24, 2.45) is 5.73 Å². The van der Waals surface area contributed by atoms with Gasteiger partial charge in [-0.05, 0) is 55.5 Å². The van der Waals surface area contributed by atoms with E-state index >= 15 is 0 Å². The van der Waals surface area contributed by atoms with Crippen LogP contribution in [0.3, 0.4) is 0 Å². The molecule has 4 rings (SSSR count). The van der Waals surface area contributed by atoms with Gasteiger partial charge in [0.15, 0.2) is 0 Å². The molecule has 0 saturated carbocycles. The molecule has 0 fully saturated rings. The minimum Gasteiger partial charge on any atom is -0.497 e. The van der Waals surface area contributed by atoms with Crippen molar-refractivity contribution < 1.29 is 9.53 Å². The number of ether oxygens (including phenoxy) is 1. The standard InChI is InChI=1S/C22H17N5O3S/c1-30-13-8-6-12(7-9-13)19-15(10-23)20(28)16(11-24)26-27(19)22-18(21(25)29)14-4-2-3-5-17(14)31-22/h6-9H,2-5H2,1H3,(H2,25,29). The van der Waals surface area contributed by atoms with Gasteiger partial charge < -0.3 is 10.5 Å². The predicted octanol–water partition coefficient (Wildman–Crippen LogP) is 2.69. The lowest BCUT2D eigenvalue weighted by Gasteiger charge is -2.15. The number of nitrogens with two attached hydrogens (primary N) is 1. The molecule has 1 aromatic carbocycles. The third-order valence-corrected chi connectivity index (χ3v) is 6.53. The smallest absolute Gasteiger partial charge is 0.252 e. The summed E-state index contributed by atoms with van der Waals surface area (Å²) in [7, 11) is 1.53. The van der Waals surface area contributed by atoms with Crippen LogP contribution in [0.1, 0.15) is 44.9 Å². The van der Waals surface area contributed by atoms with Gasteiger partial charge in [-0.25, -0.2) is 4.68 Å². The van der Waals surface area contributed by atoms with Crippen LogP contribution >= 0.6 is 11.3 Å². The molecule has 154 valence electrons. The van der Waals surface area contributed by atoms with Crippen LogP contribution in [0.4, 0.5) is 0 Å². The van der Waals surface area contributed by atoms with Crippen molar-refractivity contribution in [3.63, 3.8) is 0 Å². The second-order valence-electron chi connectivity index (χ2n) is 7.02. The van der Waals surface area contributed by atoms with Gasteiger partial charge in [0, 0.05) is 10.4 Å². The van der Waals surface area contributed by atoms with E-state index in [1.807, 2.05) is 6.07 Å². The molecule has 8 nitrogen and oxygen atoms in total. The maximum absolute atomic E-state index is 12.7. The number of primary amides is 1. The normalized spacial score (nSPS) is 12.5. The monoisotopic (exact) mass is 431 g/mol. The molecule has 0 spiro atoms. The average Bonchev–Trinajstić information content (AvgIpc) is 3.18. The molecule has 2 N–H and O–H groups in total. The van der Waals surface area contributed by atoms with E-state index in [-0.39, 0.29) is 11.3 Å². The van der Waals surface area contributed by atoms with E-state index in [0.717, 1.165) is 36.1 Å². The van der Waals surface area contributed by atoms with E-state index in [4.69, 9.17) is 10.5 Å². The Morgan fingerprint density at radius 2 is 1.90 bits per heavy atom. The summed E-state index contributed by atoms with van der Waals surface area (Å²) in [4.78, 5) is 26.2. The minimum absolute atomic E-state index is 0.204. The summed E-state index contributed by atoms with van der Waals surface area (Å²) in [6.45, 7) is 0. The first-order valence-corrected chi connectivity index (χ1v) is 10.4. The Balaban J connectivity index is 2.11. The first kappa shape index (κ1) is 20.3. The van der Waals surface area contributed by atoms with Crippen molar-refractivity contribution in [1.82, 2.24) is 9.78 Å². The zero-order valence-corrected chi connectivity index (χ0v) is 17.5. The van der Waals surface area contributed by atoms with Gasteiger partial charge in [-0.15, -0.1) is 11.3 Å². The number of amides is 1. The summed E-state index contributed by atoms with van der Waals surface area (Å²) in [5.41, 5.74) is 6.28. The summed E-state index contributed by atoms with van der Waals surface area (Å²) in [5.74, 6) is -0.00484. The number of carbonyl (C=O) groups is 1. The van der Waals surface area contributed by atoms with Crippen LogP contribution in [0.5, 0.6) is 5.75 Å². The Hall–Kier alpha value is -3.95. The molecule has 0 atom stereocenters. The quantitative estimate of drug-likeness (QED) is 0.675. The summed E-state index contributed by atoms with van der Waals surface area (Å²) < 4.78 is 6.54. The second kappa shape index (κ2) is 8.05. The molecule has 0 bridgehead atoms. The number of methoxy groups -OCH3 is 1. The predicted molar refractivity (Wildman–Crippen MR) is 114 cm³/mol. The molecule has 31 heavy (non-hydrogen) atoms. The van der Waals surface area contributed by atoms with Gasteiger partial charge in [-0.3, -0.25) is 9.59 Å². The molecule has 0 saturated heterocycles. The molecule has 0 unspecified atom stereocenters. The molecule has 2 heterocycles. The Morgan fingerprint density at radius 1 is 1.19 bits per heavy atom. The summed E-state index contributed by atoms with van der Waals surface area (Å²) >= 11 is 1.36. The molecule has 9 heteroatoms. The minimum atomic E-state index is -0.756. The Labute approximate surface area is 181 Å². The zero-order valence-electron chi connectivity index (χ0n) is 16.6. The fourth-order valence-electron chi connectivity index (χ4n) is 3.82. The maximum Gasteiger partial charge on any atom is 0.252 e. The van der Waals surface area contributed by atoms with E-state index in [1.165, 1.54) is 23.1 Å². The number of aryl methyl sites for hydroxylation is 1. The number of aromatic nitrogens is 2. The van der Waals surface area contributed by atoms with Crippen molar-refractivity contribution in [2.75, 3.05) is 7.11 Å². The van der Waals surface area contributed by atoms with Crippen molar-refractivity contribution in [2.45, 2.75) is 25.7 Å². The summed E-state index contributed by atoms with van der Waals surface area (Å²) in [5, 5.41) is 23.9. The van der Waals surface area contributed by atoms with Gasteiger partial charge in [-0.1, -0.05) is 0 Å². The molecule has 3 aromatic rings. The summed E-state index contributed by atoms with van der Waals surface area (Å²) in [6.07, 6.45) is 3.48. The number of nitrogens with zero attached hydrogens (tertiary/aromatic N) is 4. The highest BCUT2D eigenvalue weighted by Gasteiger charge is 2.28. The Morgan fingerprint density at radius 3 is 2.52 bits per heavy atom. The number of hydrogen-bond acceptors (Lipinski definition) is 7. The fraction of sp³-hybridized carbons (Fsp3) is 0.227. The third kappa shape index (κ3) is 3.35. The molecule has 1 amide bonds. The third-order valence-electron chi connectivity index (χ3n) is 5.26. The van der Waals surface area contributed by atoms with Crippen LogP contribution in [-0.2, 0) is 12.8 Å². The van der Waals surface area contributed by atoms with Gasteiger partial charge in [0.1, 0.15) is 28.5 Å². The van der Waals surface area contributed by atoms with E-state index in [0.29, 0.717) is 21.9 Å². The van der Waals surface area contributed by atoms with Crippen molar-refractivity contribution in [3.05, 3.63) is 61.8 Å². The molecular formula is C22H17N5O3S. The van der Waals surface area contributed by atoms with Crippen LogP contribution in [0.25, 0.3) is 16.3 Å². The highest BCUT2D eigenvalue weighted by molar-refractivity contribution is 7.15. The lowest BCUT2D eigenvalue weighted by molar-refractivity contribution is 0.0999. The van der Waals surface area contributed by atoms with Crippen LogP contribution < -0.4 is 15.9 Å². The van der Waals surface area contributed by atoms with Gasteiger partial charge >= 0.3 is 0 Å². The topological polar surface area (TPSA) is 135 Å². The molecule has 1 aliphatic carbocycles. The number of carbonyl (C=O) groups excluding carboxylic acids is 1. The highest BCUT2D eigenvalue weighted by Crippen LogP contribution is 2.38. The van der Waals surface area contributed by atoms with Crippen LogP contribution in [0.15, 0.2) is 29.1 Å². The van der Waals surface area contributed by atoms with Crippen LogP contribution in [-0.4, -0.2) is 22.8 Å².